The molecule has 0 radical (unpaired) electrons. The number of rotatable bonds is 11. The molecule has 3 aromatic rings. The number of nitrogens with two attached hydrogens (primary N) is 1. The van der Waals surface area contributed by atoms with E-state index in [2.05, 4.69) is 19.2 Å². The van der Waals surface area contributed by atoms with Crippen LogP contribution in [-0.2, 0) is 16.0 Å². The van der Waals surface area contributed by atoms with Crippen molar-refractivity contribution in [2.24, 2.45) is 5.92 Å². The molecule has 0 unspecified atom stereocenters. The minimum atomic E-state index is -1.01. The van der Waals surface area contributed by atoms with Crippen LogP contribution >= 0.6 is 0 Å². The van der Waals surface area contributed by atoms with Crippen LogP contribution in [0.3, 0.4) is 0 Å². The molecule has 0 amide bonds. The van der Waals surface area contributed by atoms with E-state index in [0.717, 1.165) is 43.4 Å². The molecule has 1 aliphatic carbocycles. The van der Waals surface area contributed by atoms with Crippen molar-refractivity contribution in [3.63, 3.8) is 0 Å². The molecule has 0 spiro atoms. The first kappa shape index (κ1) is 29.1. The number of halogens is 2. The van der Waals surface area contributed by atoms with Gasteiger partial charge in [-0.15, -0.1) is 0 Å². The van der Waals surface area contributed by atoms with Crippen molar-refractivity contribution in [1.29, 1.82) is 0 Å². The predicted molar refractivity (Wildman–Crippen MR) is 150 cm³/mol. The maximum atomic E-state index is 14.2. The molecule has 2 aromatic carbocycles. The fourth-order valence-corrected chi connectivity index (χ4v) is 5.02. The number of nitrogens with zero attached hydrogens (tertiary/aromatic N) is 1. The van der Waals surface area contributed by atoms with E-state index >= 15 is 0 Å². The number of nitrogen functional groups attached to an aromatic ring is 1. The van der Waals surface area contributed by atoms with Crippen molar-refractivity contribution in [3.05, 3.63) is 93.3 Å². The van der Waals surface area contributed by atoms with Crippen LogP contribution in [0.25, 0.3) is 5.69 Å². The van der Waals surface area contributed by atoms with Gasteiger partial charge in [-0.2, -0.15) is 0 Å². The highest BCUT2D eigenvalue weighted by atomic mass is 19.1. The van der Waals surface area contributed by atoms with E-state index in [9.17, 15) is 23.2 Å². The lowest BCUT2D eigenvalue weighted by Gasteiger charge is -2.22. The van der Waals surface area contributed by atoms with Crippen LogP contribution in [0.5, 0.6) is 0 Å². The summed E-state index contributed by atoms with van der Waals surface area (Å²) in [4.78, 5) is 38.4. The Bertz CT molecular complexity index is 1410. The summed E-state index contributed by atoms with van der Waals surface area (Å²) in [7, 11) is 0. The summed E-state index contributed by atoms with van der Waals surface area (Å²) in [5.74, 6) is -2.58. The van der Waals surface area contributed by atoms with Crippen molar-refractivity contribution in [2.75, 3.05) is 12.3 Å². The smallest absolute Gasteiger partial charge is 0.323 e. The van der Waals surface area contributed by atoms with Crippen LogP contribution in [-0.4, -0.2) is 35.0 Å². The average molecular weight is 552 g/mol. The number of carbonyl (C=O) groups is 2. The third-order valence-corrected chi connectivity index (χ3v) is 7.13. The fourth-order valence-electron chi connectivity index (χ4n) is 5.02. The Balaban J connectivity index is 1.44. The molecule has 1 aromatic heterocycles. The number of ketones is 1. The lowest BCUT2D eigenvalue weighted by Crippen LogP contribution is -2.41. The predicted octanol–water partition coefficient (Wildman–Crippen LogP) is 4.96. The van der Waals surface area contributed by atoms with Crippen molar-refractivity contribution in [3.8, 4) is 5.69 Å². The zero-order valence-corrected chi connectivity index (χ0v) is 22.8. The standard InChI is InChI=1S/C31H35F2N3O4/c1-19(2)17-27(31(39)40-23-5-3-4-6-23)35-16-15-20-7-10-22(11-8-20)36-28(37)14-13-25(30(36)34)29(38)24-12-9-21(32)18-26(24)33/h7-14,18-19,23,27,35H,3-6,15-17,34H2,1-2H3/t27-/m0/s1. The molecule has 1 fully saturated rings. The lowest BCUT2D eigenvalue weighted by molar-refractivity contribution is -0.151. The second kappa shape index (κ2) is 13.0. The van der Waals surface area contributed by atoms with Gasteiger partial charge >= 0.3 is 5.97 Å². The molecule has 3 N–H and O–H groups in total. The van der Waals surface area contributed by atoms with Gasteiger partial charge in [0.1, 0.15) is 29.6 Å². The number of nitrogens with one attached hydrogen (secondary N) is 1. The Hall–Kier alpha value is -3.85. The average Bonchev–Trinajstić information content (AvgIpc) is 3.41. The topological polar surface area (TPSA) is 103 Å². The van der Waals surface area contributed by atoms with Gasteiger partial charge in [0.05, 0.1) is 16.8 Å². The zero-order chi connectivity index (χ0) is 28.8. The van der Waals surface area contributed by atoms with E-state index < -0.39 is 23.0 Å². The molecule has 40 heavy (non-hydrogen) atoms. The van der Waals surface area contributed by atoms with Gasteiger partial charge in [-0.1, -0.05) is 26.0 Å². The number of carbonyl (C=O) groups excluding carboxylic acids is 2. The number of hydrogen-bond acceptors (Lipinski definition) is 6. The fraction of sp³-hybridized carbons (Fsp3) is 0.387. The molecule has 1 aliphatic rings. The van der Waals surface area contributed by atoms with Gasteiger partial charge in [0.15, 0.2) is 5.78 Å². The third-order valence-electron chi connectivity index (χ3n) is 7.13. The molecule has 4 rings (SSSR count). The first-order valence-corrected chi connectivity index (χ1v) is 13.7. The summed E-state index contributed by atoms with van der Waals surface area (Å²) in [6, 6.07) is 11.8. The van der Waals surface area contributed by atoms with Gasteiger partial charge in [-0.3, -0.25) is 19.0 Å². The highest BCUT2D eigenvalue weighted by Gasteiger charge is 2.26. The number of pyridine rings is 1. The summed E-state index contributed by atoms with van der Waals surface area (Å²) in [6.45, 7) is 4.71. The molecule has 1 heterocycles. The Morgan fingerprint density at radius 2 is 1.70 bits per heavy atom. The number of anilines is 1. The monoisotopic (exact) mass is 551 g/mol. The summed E-state index contributed by atoms with van der Waals surface area (Å²) in [5.41, 5.74) is 6.74. The summed E-state index contributed by atoms with van der Waals surface area (Å²) < 4.78 is 34.4. The molecule has 0 aliphatic heterocycles. The van der Waals surface area contributed by atoms with Gasteiger partial charge in [-0.25, -0.2) is 8.78 Å². The van der Waals surface area contributed by atoms with Crippen molar-refractivity contribution in [1.82, 2.24) is 9.88 Å². The molecule has 0 saturated heterocycles. The molecular weight excluding hydrogens is 516 g/mol. The van der Waals surface area contributed by atoms with E-state index in [1.54, 1.807) is 12.1 Å². The van der Waals surface area contributed by atoms with Gasteiger partial charge in [0, 0.05) is 12.1 Å². The van der Waals surface area contributed by atoms with Gasteiger partial charge < -0.3 is 15.8 Å². The lowest BCUT2D eigenvalue weighted by atomic mass is 10.0. The largest absolute Gasteiger partial charge is 0.461 e. The van der Waals surface area contributed by atoms with E-state index in [1.165, 1.54) is 16.7 Å². The number of esters is 1. The molecule has 9 heteroatoms. The highest BCUT2D eigenvalue weighted by molar-refractivity contribution is 6.11. The Morgan fingerprint density at radius 3 is 2.35 bits per heavy atom. The maximum Gasteiger partial charge on any atom is 0.323 e. The number of hydrogen-bond donors (Lipinski definition) is 2. The molecule has 1 atom stereocenters. The van der Waals surface area contributed by atoms with Crippen LogP contribution in [0.1, 0.15) is 67.4 Å². The minimum Gasteiger partial charge on any atom is -0.461 e. The van der Waals surface area contributed by atoms with E-state index in [0.29, 0.717) is 37.1 Å². The van der Waals surface area contributed by atoms with Crippen LogP contribution in [0, 0.1) is 17.6 Å². The summed E-state index contributed by atoms with van der Waals surface area (Å²) >= 11 is 0. The zero-order valence-electron chi connectivity index (χ0n) is 22.8. The summed E-state index contributed by atoms with van der Waals surface area (Å²) in [6.07, 6.45) is 5.40. The second-order valence-corrected chi connectivity index (χ2v) is 10.7. The van der Waals surface area contributed by atoms with Crippen molar-refractivity contribution >= 4 is 17.6 Å². The molecule has 0 bridgehead atoms. The normalized spacial score (nSPS) is 14.4. The Labute approximate surface area is 232 Å². The third kappa shape index (κ3) is 7.01. The quantitative estimate of drug-likeness (QED) is 0.258. The van der Waals surface area contributed by atoms with Crippen LogP contribution < -0.4 is 16.6 Å². The maximum absolute atomic E-state index is 14.2. The molecule has 7 nitrogen and oxygen atoms in total. The van der Waals surface area contributed by atoms with Crippen molar-refractivity contribution < 1.29 is 23.1 Å². The van der Waals surface area contributed by atoms with Crippen LogP contribution in [0.15, 0.2) is 59.4 Å². The van der Waals surface area contributed by atoms with Gasteiger partial charge in [-0.05, 0) is 86.9 Å². The van der Waals surface area contributed by atoms with Crippen LogP contribution in [0.2, 0.25) is 0 Å². The second-order valence-electron chi connectivity index (χ2n) is 10.7. The Kier molecular flexibility index (Phi) is 9.47. The van der Waals surface area contributed by atoms with E-state index in [-0.39, 0.29) is 35.1 Å². The van der Waals surface area contributed by atoms with Crippen molar-refractivity contribution in [2.45, 2.75) is 64.5 Å². The summed E-state index contributed by atoms with van der Waals surface area (Å²) in [5, 5.41) is 3.34. The molecule has 212 valence electrons. The number of ether oxygens (including phenoxy) is 1. The van der Waals surface area contributed by atoms with Gasteiger partial charge in [0.2, 0.25) is 0 Å². The molecule has 1 saturated carbocycles. The first-order valence-electron chi connectivity index (χ1n) is 13.7. The highest BCUT2D eigenvalue weighted by Crippen LogP contribution is 2.23. The first-order chi connectivity index (χ1) is 19.1. The van der Waals surface area contributed by atoms with E-state index in [1.807, 2.05) is 12.1 Å². The molecular formula is C31H35F2N3O4. The Morgan fingerprint density at radius 1 is 1.02 bits per heavy atom. The van der Waals surface area contributed by atoms with Crippen LogP contribution in [0.4, 0.5) is 14.6 Å². The number of benzene rings is 2. The van der Waals surface area contributed by atoms with E-state index in [4.69, 9.17) is 10.5 Å². The number of aromatic nitrogens is 1. The minimum absolute atomic E-state index is 0.0239. The SMILES string of the molecule is CC(C)C[C@H](NCCc1ccc(-n2c(N)c(C(=O)c3ccc(F)cc3F)ccc2=O)cc1)C(=O)OC1CCCC1. The van der Waals surface area contributed by atoms with Gasteiger partial charge in [0.25, 0.3) is 5.56 Å².